The fourth-order valence-electron chi connectivity index (χ4n) is 3.30. The number of anilines is 1. The predicted molar refractivity (Wildman–Crippen MR) is 87.7 cm³/mol. The van der Waals surface area contributed by atoms with Gasteiger partial charge in [0.2, 0.25) is 0 Å². The Morgan fingerprint density at radius 1 is 1.32 bits per heavy atom. The van der Waals surface area contributed by atoms with Crippen LogP contribution in [0.1, 0.15) is 29.8 Å². The van der Waals surface area contributed by atoms with Crippen molar-refractivity contribution in [2.75, 3.05) is 18.0 Å². The molecule has 4 rings (SSSR count). The van der Waals surface area contributed by atoms with Crippen LogP contribution in [0.3, 0.4) is 0 Å². The summed E-state index contributed by atoms with van der Waals surface area (Å²) >= 11 is 1.69. The summed E-state index contributed by atoms with van der Waals surface area (Å²) in [4.78, 5) is 19.0. The monoisotopic (exact) mass is 316 g/mol. The third-order valence-electron chi connectivity index (χ3n) is 4.54. The largest absolute Gasteiger partial charge is 0.347 e. The van der Waals surface area contributed by atoms with Crippen LogP contribution in [0.5, 0.6) is 0 Å². The molecule has 3 heterocycles. The van der Waals surface area contributed by atoms with Crippen LogP contribution in [0.25, 0.3) is 0 Å². The summed E-state index contributed by atoms with van der Waals surface area (Å²) in [5.41, 5.74) is 3.44. The minimum atomic E-state index is 0.0594. The number of hydrogen-bond donors (Lipinski definition) is 0. The van der Waals surface area contributed by atoms with Gasteiger partial charge in [0.1, 0.15) is 0 Å². The molecular formula is C16H20N4OS. The van der Waals surface area contributed by atoms with E-state index in [2.05, 4.69) is 20.4 Å². The van der Waals surface area contributed by atoms with E-state index in [1.807, 2.05) is 13.0 Å². The van der Waals surface area contributed by atoms with Crippen LogP contribution in [0.2, 0.25) is 0 Å². The maximum atomic E-state index is 12.2. The van der Waals surface area contributed by atoms with Crippen LogP contribution in [-0.2, 0) is 19.4 Å². The average molecular weight is 316 g/mol. The molecule has 0 unspecified atom stereocenters. The highest BCUT2D eigenvalue weighted by molar-refractivity contribution is 7.13. The summed E-state index contributed by atoms with van der Waals surface area (Å²) in [6.07, 6.45) is 4.41. The van der Waals surface area contributed by atoms with E-state index in [0.717, 1.165) is 49.0 Å². The Bertz CT molecular complexity index is 745. The summed E-state index contributed by atoms with van der Waals surface area (Å²) in [5, 5.41) is 7.79. The molecule has 0 radical (unpaired) electrons. The summed E-state index contributed by atoms with van der Waals surface area (Å²) < 4.78 is 1.68. The number of rotatable bonds is 3. The molecule has 22 heavy (non-hydrogen) atoms. The van der Waals surface area contributed by atoms with Crippen molar-refractivity contribution in [1.82, 2.24) is 14.8 Å². The Balaban J connectivity index is 1.43. The second-order valence-corrected chi connectivity index (χ2v) is 7.22. The van der Waals surface area contributed by atoms with Gasteiger partial charge in [-0.1, -0.05) is 0 Å². The van der Waals surface area contributed by atoms with Gasteiger partial charge in [-0.2, -0.15) is 5.10 Å². The van der Waals surface area contributed by atoms with Gasteiger partial charge in [-0.05, 0) is 38.2 Å². The Morgan fingerprint density at radius 3 is 2.91 bits per heavy atom. The molecule has 0 saturated carbocycles. The molecule has 0 amide bonds. The molecule has 0 aromatic carbocycles. The zero-order valence-electron chi connectivity index (χ0n) is 12.8. The van der Waals surface area contributed by atoms with Gasteiger partial charge in [-0.3, -0.25) is 4.79 Å². The lowest BCUT2D eigenvalue weighted by atomic mass is 9.97. The van der Waals surface area contributed by atoms with E-state index in [1.165, 1.54) is 18.4 Å². The summed E-state index contributed by atoms with van der Waals surface area (Å²) in [6, 6.07) is 1.81. The topological polar surface area (TPSA) is 51.0 Å². The number of nitrogens with zero attached hydrogens (tertiary/aromatic N) is 4. The zero-order valence-corrected chi connectivity index (χ0v) is 13.6. The number of fused-ring (bicyclic) bond motifs is 1. The average Bonchev–Trinajstić information content (AvgIpc) is 2.88. The molecule has 5 nitrogen and oxygen atoms in total. The molecule has 1 saturated heterocycles. The lowest BCUT2D eigenvalue weighted by molar-refractivity contribution is 0.331. The van der Waals surface area contributed by atoms with Gasteiger partial charge in [-0.15, -0.1) is 11.3 Å². The molecule has 0 atom stereocenters. The maximum absolute atomic E-state index is 12.2. The van der Waals surface area contributed by atoms with E-state index in [1.54, 1.807) is 16.0 Å². The normalized spacial score (nSPS) is 18.1. The lowest BCUT2D eigenvalue weighted by Crippen LogP contribution is -2.49. The van der Waals surface area contributed by atoms with Crippen molar-refractivity contribution in [1.29, 1.82) is 0 Å². The Morgan fingerprint density at radius 2 is 2.14 bits per heavy atom. The Kier molecular flexibility index (Phi) is 3.48. The maximum Gasteiger partial charge on any atom is 0.267 e. The second-order valence-electron chi connectivity index (χ2n) is 6.39. The van der Waals surface area contributed by atoms with Crippen LogP contribution in [0, 0.1) is 12.8 Å². The van der Waals surface area contributed by atoms with Crippen LogP contribution < -0.4 is 10.5 Å². The molecule has 1 fully saturated rings. The SMILES string of the molecule is Cc1csc(N2CC(Cn3nc4c(cc3=O)CCCC4)C2)n1. The van der Waals surface area contributed by atoms with Crippen molar-refractivity contribution in [2.45, 2.75) is 39.2 Å². The van der Waals surface area contributed by atoms with Gasteiger partial charge in [0.05, 0.1) is 17.9 Å². The van der Waals surface area contributed by atoms with E-state index < -0.39 is 0 Å². The quantitative estimate of drug-likeness (QED) is 0.869. The summed E-state index contributed by atoms with van der Waals surface area (Å²) in [6.45, 7) is 4.69. The van der Waals surface area contributed by atoms with Crippen molar-refractivity contribution in [3.05, 3.63) is 38.8 Å². The van der Waals surface area contributed by atoms with Crippen LogP contribution in [0.15, 0.2) is 16.2 Å². The third kappa shape index (κ3) is 2.56. The smallest absolute Gasteiger partial charge is 0.267 e. The number of hydrogen-bond acceptors (Lipinski definition) is 5. The highest BCUT2D eigenvalue weighted by Crippen LogP contribution is 2.28. The molecule has 1 aliphatic heterocycles. The van der Waals surface area contributed by atoms with E-state index in [0.29, 0.717) is 5.92 Å². The van der Waals surface area contributed by atoms with Gasteiger partial charge >= 0.3 is 0 Å². The first-order valence-corrected chi connectivity index (χ1v) is 8.84. The van der Waals surface area contributed by atoms with Crippen molar-refractivity contribution in [3.8, 4) is 0 Å². The third-order valence-corrected chi connectivity index (χ3v) is 5.56. The van der Waals surface area contributed by atoms with Crippen molar-refractivity contribution >= 4 is 16.5 Å². The Hall–Kier alpha value is -1.69. The van der Waals surface area contributed by atoms with Crippen molar-refractivity contribution in [3.63, 3.8) is 0 Å². The van der Waals surface area contributed by atoms with Gasteiger partial charge in [0, 0.05) is 30.5 Å². The molecule has 0 bridgehead atoms. The van der Waals surface area contributed by atoms with Crippen LogP contribution in [-0.4, -0.2) is 27.9 Å². The summed E-state index contributed by atoms with van der Waals surface area (Å²) in [5.74, 6) is 0.496. The standard InChI is InChI=1S/C16H20N4OS/c1-11-10-22-16(17-11)19-7-12(8-19)9-20-15(21)6-13-4-2-3-5-14(13)18-20/h6,10,12H,2-5,7-9H2,1H3. The van der Waals surface area contributed by atoms with E-state index >= 15 is 0 Å². The van der Waals surface area contributed by atoms with E-state index in [-0.39, 0.29) is 5.56 Å². The molecule has 1 aliphatic carbocycles. The number of aryl methyl sites for hydroxylation is 3. The molecular weight excluding hydrogens is 296 g/mol. The highest BCUT2D eigenvalue weighted by atomic mass is 32.1. The fourth-order valence-corrected chi connectivity index (χ4v) is 4.13. The first-order valence-electron chi connectivity index (χ1n) is 7.96. The van der Waals surface area contributed by atoms with Crippen molar-refractivity contribution in [2.24, 2.45) is 5.92 Å². The minimum absolute atomic E-state index is 0.0594. The predicted octanol–water partition coefficient (Wildman–Crippen LogP) is 2.02. The molecule has 0 N–H and O–H groups in total. The molecule has 0 spiro atoms. The van der Waals surface area contributed by atoms with Crippen molar-refractivity contribution < 1.29 is 0 Å². The fraction of sp³-hybridized carbons (Fsp3) is 0.562. The highest BCUT2D eigenvalue weighted by Gasteiger charge is 2.29. The van der Waals surface area contributed by atoms with Gasteiger partial charge < -0.3 is 4.90 Å². The molecule has 2 aliphatic rings. The second kappa shape index (κ2) is 5.50. The first kappa shape index (κ1) is 13.9. The van der Waals surface area contributed by atoms with Crippen LogP contribution in [0.4, 0.5) is 5.13 Å². The van der Waals surface area contributed by atoms with Gasteiger partial charge in [0.15, 0.2) is 5.13 Å². The molecule has 2 aromatic heterocycles. The molecule has 2 aromatic rings. The number of aromatic nitrogens is 3. The van der Waals surface area contributed by atoms with E-state index in [4.69, 9.17) is 0 Å². The number of thiazole rings is 1. The van der Waals surface area contributed by atoms with E-state index in [9.17, 15) is 4.79 Å². The van der Waals surface area contributed by atoms with Gasteiger partial charge in [-0.25, -0.2) is 9.67 Å². The summed E-state index contributed by atoms with van der Waals surface area (Å²) in [7, 11) is 0. The minimum Gasteiger partial charge on any atom is -0.347 e. The van der Waals surface area contributed by atoms with Crippen LogP contribution >= 0.6 is 11.3 Å². The first-order chi connectivity index (χ1) is 10.7. The molecule has 116 valence electrons. The zero-order chi connectivity index (χ0) is 15.1. The lowest BCUT2D eigenvalue weighted by Gasteiger charge is -2.39. The molecule has 6 heteroatoms. The Labute approximate surface area is 133 Å². The van der Waals surface area contributed by atoms with Gasteiger partial charge in [0.25, 0.3) is 5.56 Å².